The molecule has 1 aromatic carbocycles. The monoisotopic (exact) mass is 312 g/mol. The van der Waals surface area contributed by atoms with Crippen LogP contribution in [-0.2, 0) is 7.05 Å². The van der Waals surface area contributed by atoms with Crippen LogP contribution in [0.5, 0.6) is 0 Å². The van der Waals surface area contributed by atoms with Gasteiger partial charge in [-0.15, -0.1) is 21.8 Å². The van der Waals surface area contributed by atoms with Gasteiger partial charge in [-0.3, -0.25) is 10.1 Å². The first-order chi connectivity index (χ1) is 9.63. The van der Waals surface area contributed by atoms with Crippen LogP contribution in [0.15, 0.2) is 29.4 Å². The van der Waals surface area contributed by atoms with Crippen LogP contribution in [0.1, 0.15) is 6.42 Å². The first-order valence-corrected chi connectivity index (χ1v) is 7.48. The number of nitro benzene ring substituents is 1. The number of nitrogens with zero attached hydrogens (tertiary/aromatic N) is 4. The third-order valence-electron chi connectivity index (χ3n) is 2.68. The average molecular weight is 313 g/mol. The van der Waals surface area contributed by atoms with Gasteiger partial charge < -0.3 is 4.57 Å². The van der Waals surface area contributed by atoms with Crippen LogP contribution in [0.25, 0.3) is 11.4 Å². The molecule has 0 saturated carbocycles. The van der Waals surface area contributed by atoms with Crippen molar-refractivity contribution in [3.63, 3.8) is 0 Å². The number of aromatic nitrogens is 3. The number of halogens is 1. The van der Waals surface area contributed by atoms with Gasteiger partial charge in [-0.2, -0.15) is 0 Å². The molecule has 0 aliphatic rings. The lowest BCUT2D eigenvalue weighted by molar-refractivity contribution is -0.384. The van der Waals surface area contributed by atoms with Gasteiger partial charge in [-0.05, 0) is 18.6 Å². The molecule has 0 amide bonds. The number of hydrogen-bond acceptors (Lipinski definition) is 5. The lowest BCUT2D eigenvalue weighted by atomic mass is 10.2. The topological polar surface area (TPSA) is 73.8 Å². The Morgan fingerprint density at radius 3 is 2.65 bits per heavy atom. The minimum absolute atomic E-state index is 0.0626. The Morgan fingerprint density at radius 2 is 2.05 bits per heavy atom. The third-order valence-corrected chi connectivity index (χ3v) is 4.05. The van der Waals surface area contributed by atoms with E-state index in [1.54, 1.807) is 23.9 Å². The summed E-state index contributed by atoms with van der Waals surface area (Å²) in [6.07, 6.45) is 0.909. The van der Waals surface area contributed by atoms with Crippen molar-refractivity contribution in [2.45, 2.75) is 11.6 Å². The van der Waals surface area contributed by atoms with Crippen LogP contribution in [0.3, 0.4) is 0 Å². The molecule has 0 unspecified atom stereocenters. The van der Waals surface area contributed by atoms with E-state index < -0.39 is 4.92 Å². The molecule has 0 fully saturated rings. The average Bonchev–Trinajstić information content (AvgIpc) is 2.81. The molecule has 106 valence electrons. The zero-order valence-electron chi connectivity index (χ0n) is 10.8. The molecular formula is C12H13ClN4O2S. The highest BCUT2D eigenvalue weighted by Crippen LogP contribution is 2.24. The molecule has 1 heterocycles. The number of nitro groups is 1. The van der Waals surface area contributed by atoms with E-state index in [-0.39, 0.29) is 5.69 Å². The maximum Gasteiger partial charge on any atom is 0.269 e. The quantitative estimate of drug-likeness (QED) is 0.269. The van der Waals surface area contributed by atoms with E-state index in [1.807, 2.05) is 11.6 Å². The second kappa shape index (κ2) is 6.71. The van der Waals surface area contributed by atoms with Gasteiger partial charge in [0, 0.05) is 36.4 Å². The van der Waals surface area contributed by atoms with Crippen molar-refractivity contribution >= 4 is 29.1 Å². The zero-order chi connectivity index (χ0) is 14.5. The van der Waals surface area contributed by atoms with Crippen molar-refractivity contribution in [1.29, 1.82) is 0 Å². The molecule has 0 radical (unpaired) electrons. The highest BCUT2D eigenvalue weighted by Gasteiger charge is 2.12. The minimum atomic E-state index is -0.423. The van der Waals surface area contributed by atoms with E-state index in [0.29, 0.717) is 11.7 Å². The Balaban J connectivity index is 2.18. The predicted molar refractivity (Wildman–Crippen MR) is 79.2 cm³/mol. The summed E-state index contributed by atoms with van der Waals surface area (Å²) >= 11 is 7.23. The second-order valence-electron chi connectivity index (χ2n) is 4.06. The Kier molecular flexibility index (Phi) is 4.97. The fourth-order valence-corrected chi connectivity index (χ4v) is 2.78. The van der Waals surface area contributed by atoms with Crippen LogP contribution < -0.4 is 0 Å². The van der Waals surface area contributed by atoms with E-state index in [9.17, 15) is 10.1 Å². The SMILES string of the molecule is Cn1c(SCCCCl)nnc1-c1ccc([N+](=O)[O-])cc1. The van der Waals surface area contributed by atoms with Gasteiger partial charge in [-0.25, -0.2) is 0 Å². The van der Waals surface area contributed by atoms with Crippen molar-refractivity contribution in [3.05, 3.63) is 34.4 Å². The second-order valence-corrected chi connectivity index (χ2v) is 5.50. The van der Waals surface area contributed by atoms with Gasteiger partial charge in [0.05, 0.1) is 4.92 Å². The molecule has 20 heavy (non-hydrogen) atoms. The zero-order valence-corrected chi connectivity index (χ0v) is 12.4. The largest absolute Gasteiger partial charge is 0.305 e. The van der Waals surface area contributed by atoms with Gasteiger partial charge in [-0.1, -0.05) is 11.8 Å². The van der Waals surface area contributed by atoms with Crippen LogP contribution in [0.2, 0.25) is 0 Å². The summed E-state index contributed by atoms with van der Waals surface area (Å²) in [6.45, 7) is 0. The number of non-ortho nitro benzene ring substituents is 1. The number of benzene rings is 1. The summed E-state index contributed by atoms with van der Waals surface area (Å²) in [7, 11) is 1.87. The summed E-state index contributed by atoms with van der Waals surface area (Å²) in [4.78, 5) is 10.2. The van der Waals surface area contributed by atoms with E-state index in [2.05, 4.69) is 10.2 Å². The molecule has 8 heteroatoms. The van der Waals surface area contributed by atoms with Crippen LogP contribution in [-0.4, -0.2) is 31.3 Å². The lowest BCUT2D eigenvalue weighted by Crippen LogP contribution is -1.96. The maximum absolute atomic E-state index is 10.6. The summed E-state index contributed by atoms with van der Waals surface area (Å²) < 4.78 is 1.88. The van der Waals surface area contributed by atoms with E-state index in [4.69, 9.17) is 11.6 Å². The molecule has 0 aliphatic heterocycles. The maximum atomic E-state index is 10.6. The molecule has 1 aromatic heterocycles. The van der Waals surface area contributed by atoms with Crippen molar-refractivity contribution in [3.8, 4) is 11.4 Å². The number of rotatable bonds is 6. The third kappa shape index (κ3) is 3.29. The predicted octanol–water partition coefficient (Wildman–Crippen LogP) is 3.11. The number of thioether (sulfide) groups is 1. The van der Waals surface area contributed by atoms with Gasteiger partial charge in [0.2, 0.25) is 0 Å². The van der Waals surface area contributed by atoms with Crippen LogP contribution >= 0.6 is 23.4 Å². The lowest BCUT2D eigenvalue weighted by Gasteiger charge is -2.03. The molecule has 0 N–H and O–H groups in total. The van der Waals surface area contributed by atoms with Crippen molar-refractivity contribution in [1.82, 2.24) is 14.8 Å². The van der Waals surface area contributed by atoms with Crippen LogP contribution in [0.4, 0.5) is 5.69 Å². The standard InChI is InChI=1S/C12H13ClN4O2S/c1-16-11(14-15-12(16)20-8-2-7-13)9-3-5-10(6-4-9)17(18)19/h3-6H,2,7-8H2,1H3. The fourth-order valence-electron chi connectivity index (χ4n) is 1.64. The van der Waals surface area contributed by atoms with Gasteiger partial charge in [0.15, 0.2) is 11.0 Å². The molecule has 0 spiro atoms. The molecule has 0 bridgehead atoms. The summed E-state index contributed by atoms with van der Waals surface area (Å²) in [5, 5.41) is 19.7. The van der Waals surface area contributed by atoms with Crippen molar-refractivity contribution in [2.24, 2.45) is 7.05 Å². The Morgan fingerprint density at radius 1 is 1.35 bits per heavy atom. The summed E-state index contributed by atoms with van der Waals surface area (Å²) in [5.74, 6) is 2.20. The van der Waals surface area contributed by atoms with Crippen LogP contribution in [0, 0.1) is 10.1 Å². The fraction of sp³-hybridized carbons (Fsp3) is 0.333. The molecule has 0 atom stereocenters. The summed E-state index contributed by atoms with van der Waals surface area (Å²) in [5.41, 5.74) is 0.863. The normalized spacial score (nSPS) is 10.7. The molecule has 0 aliphatic carbocycles. The molecule has 2 aromatic rings. The summed E-state index contributed by atoms with van der Waals surface area (Å²) in [6, 6.07) is 6.28. The molecule has 2 rings (SSSR count). The first-order valence-electron chi connectivity index (χ1n) is 5.96. The van der Waals surface area contributed by atoms with E-state index in [0.717, 1.165) is 22.9 Å². The van der Waals surface area contributed by atoms with Crippen molar-refractivity contribution < 1.29 is 4.92 Å². The minimum Gasteiger partial charge on any atom is -0.305 e. The Hall–Kier alpha value is -1.60. The molecule has 6 nitrogen and oxygen atoms in total. The van der Waals surface area contributed by atoms with Gasteiger partial charge in [0.25, 0.3) is 5.69 Å². The molecular weight excluding hydrogens is 300 g/mol. The highest BCUT2D eigenvalue weighted by molar-refractivity contribution is 7.99. The molecule has 0 saturated heterocycles. The Labute approximate surface area is 125 Å². The Bertz CT molecular complexity index is 600. The van der Waals surface area contributed by atoms with Gasteiger partial charge in [0.1, 0.15) is 0 Å². The van der Waals surface area contributed by atoms with E-state index in [1.165, 1.54) is 12.1 Å². The van der Waals surface area contributed by atoms with E-state index >= 15 is 0 Å². The first kappa shape index (κ1) is 14.8. The van der Waals surface area contributed by atoms with Gasteiger partial charge >= 0.3 is 0 Å². The highest BCUT2D eigenvalue weighted by atomic mass is 35.5. The number of hydrogen-bond donors (Lipinski definition) is 0. The number of alkyl halides is 1. The smallest absolute Gasteiger partial charge is 0.269 e. The van der Waals surface area contributed by atoms with Crippen molar-refractivity contribution in [2.75, 3.05) is 11.6 Å².